The fourth-order valence-electron chi connectivity index (χ4n) is 5.40. The van der Waals surface area contributed by atoms with Gasteiger partial charge in [-0.1, -0.05) is 96.5 Å². The highest BCUT2D eigenvalue weighted by Crippen LogP contribution is 2.42. The second kappa shape index (κ2) is 13.7. The van der Waals surface area contributed by atoms with Crippen molar-refractivity contribution in [2.45, 2.75) is 70.7 Å². The molecule has 0 aliphatic carbocycles. The van der Waals surface area contributed by atoms with Gasteiger partial charge in [0.25, 0.3) is 0 Å². The van der Waals surface area contributed by atoms with Gasteiger partial charge in [-0.3, -0.25) is 0 Å². The minimum Gasteiger partial charge on any atom is -0.494 e. The molecular formula is C36H39ClO4. The standard InChI is InChI=1S/C36H39ClO4/c1-4-38-31-18-15-26(16-19-31)21-30-22-29(17-20-32(30)37)34-35(40-25-28-13-9-6-10-14-28)33(23-36(2,3)41-34)39-24-27-11-7-5-8-12-27/h5-20,22,33-35H,4,21,23-25H2,1-3H3/t33?,34?,35-/m1/s1. The maximum Gasteiger partial charge on any atom is 0.119 e. The summed E-state index contributed by atoms with van der Waals surface area (Å²) in [6, 6.07) is 34.9. The summed E-state index contributed by atoms with van der Waals surface area (Å²) in [7, 11) is 0. The van der Waals surface area contributed by atoms with Crippen molar-refractivity contribution in [2.24, 2.45) is 0 Å². The van der Waals surface area contributed by atoms with Crippen LogP contribution in [-0.2, 0) is 33.8 Å². The van der Waals surface area contributed by atoms with Crippen molar-refractivity contribution < 1.29 is 18.9 Å². The molecule has 3 atom stereocenters. The van der Waals surface area contributed by atoms with Crippen molar-refractivity contribution in [2.75, 3.05) is 6.61 Å². The molecule has 4 aromatic rings. The minimum atomic E-state index is -0.395. The van der Waals surface area contributed by atoms with Gasteiger partial charge in [0.05, 0.1) is 31.5 Å². The lowest BCUT2D eigenvalue weighted by Gasteiger charge is -2.46. The number of halogens is 1. The summed E-state index contributed by atoms with van der Waals surface area (Å²) in [6.45, 7) is 7.88. The zero-order valence-electron chi connectivity index (χ0n) is 24.1. The predicted molar refractivity (Wildman–Crippen MR) is 164 cm³/mol. The van der Waals surface area contributed by atoms with Gasteiger partial charge in [-0.15, -0.1) is 0 Å². The molecule has 0 aromatic heterocycles. The Morgan fingerprint density at radius 3 is 2.05 bits per heavy atom. The molecule has 1 aliphatic heterocycles. The molecule has 0 spiro atoms. The van der Waals surface area contributed by atoms with Gasteiger partial charge in [0, 0.05) is 11.4 Å². The van der Waals surface area contributed by atoms with Crippen molar-refractivity contribution in [3.8, 4) is 5.75 Å². The highest BCUT2D eigenvalue weighted by atomic mass is 35.5. The SMILES string of the molecule is CCOc1ccc(Cc2cc(C3OC(C)(C)CC(OCc4ccccc4)[C@H]3OCc3ccccc3)ccc2Cl)cc1. The third-order valence-corrected chi connectivity index (χ3v) is 7.79. The molecule has 1 heterocycles. The smallest absolute Gasteiger partial charge is 0.119 e. The molecule has 5 heteroatoms. The van der Waals surface area contributed by atoms with Crippen molar-refractivity contribution in [3.63, 3.8) is 0 Å². The van der Waals surface area contributed by atoms with Crippen LogP contribution in [0, 0.1) is 0 Å². The molecule has 2 unspecified atom stereocenters. The largest absolute Gasteiger partial charge is 0.494 e. The Bertz CT molecular complexity index is 1370. The molecule has 214 valence electrons. The minimum absolute atomic E-state index is 0.155. The molecule has 4 nitrogen and oxygen atoms in total. The third kappa shape index (κ3) is 7.99. The molecule has 41 heavy (non-hydrogen) atoms. The maximum atomic E-state index is 6.77. The summed E-state index contributed by atoms with van der Waals surface area (Å²) in [6.07, 6.45) is 0.657. The topological polar surface area (TPSA) is 36.9 Å². The van der Waals surface area contributed by atoms with E-state index in [0.29, 0.717) is 26.2 Å². The molecular weight excluding hydrogens is 532 g/mol. The van der Waals surface area contributed by atoms with E-state index in [1.165, 1.54) is 5.56 Å². The fraction of sp³-hybridized carbons (Fsp3) is 0.333. The fourth-order valence-corrected chi connectivity index (χ4v) is 5.59. The summed E-state index contributed by atoms with van der Waals surface area (Å²) in [5, 5.41) is 0.733. The number of ether oxygens (including phenoxy) is 4. The van der Waals surface area contributed by atoms with Crippen LogP contribution in [0.2, 0.25) is 5.02 Å². The Labute approximate surface area is 249 Å². The van der Waals surface area contributed by atoms with E-state index in [1.54, 1.807) is 0 Å². The molecule has 1 saturated heterocycles. The van der Waals surface area contributed by atoms with Gasteiger partial charge in [0.2, 0.25) is 0 Å². The van der Waals surface area contributed by atoms with Crippen LogP contribution in [0.5, 0.6) is 5.75 Å². The van der Waals surface area contributed by atoms with Crippen molar-refractivity contribution in [1.82, 2.24) is 0 Å². The van der Waals surface area contributed by atoms with Crippen molar-refractivity contribution in [1.29, 1.82) is 0 Å². The number of hydrogen-bond donors (Lipinski definition) is 0. The monoisotopic (exact) mass is 570 g/mol. The van der Waals surface area contributed by atoms with Crippen LogP contribution in [0.25, 0.3) is 0 Å². The molecule has 0 amide bonds. The van der Waals surface area contributed by atoms with Gasteiger partial charge in [-0.05, 0) is 73.2 Å². The van der Waals surface area contributed by atoms with E-state index in [2.05, 4.69) is 62.4 Å². The molecule has 1 fully saturated rings. The lowest BCUT2D eigenvalue weighted by molar-refractivity contribution is -0.236. The predicted octanol–water partition coefficient (Wildman–Crippen LogP) is 8.74. The third-order valence-electron chi connectivity index (χ3n) is 7.42. The van der Waals surface area contributed by atoms with E-state index in [0.717, 1.165) is 39.4 Å². The van der Waals surface area contributed by atoms with Gasteiger partial charge in [0.15, 0.2) is 0 Å². The van der Waals surface area contributed by atoms with Gasteiger partial charge in [-0.25, -0.2) is 0 Å². The molecule has 0 bridgehead atoms. The summed E-state index contributed by atoms with van der Waals surface area (Å²) in [4.78, 5) is 0. The Morgan fingerprint density at radius 2 is 1.41 bits per heavy atom. The Morgan fingerprint density at radius 1 is 0.780 bits per heavy atom. The van der Waals surface area contributed by atoms with Crippen LogP contribution in [0.1, 0.15) is 61.1 Å². The van der Waals surface area contributed by atoms with E-state index in [-0.39, 0.29) is 18.3 Å². The van der Waals surface area contributed by atoms with Crippen LogP contribution >= 0.6 is 11.6 Å². The molecule has 1 aliphatic rings. The van der Waals surface area contributed by atoms with Crippen LogP contribution in [0.3, 0.4) is 0 Å². The molecule has 0 N–H and O–H groups in total. The van der Waals surface area contributed by atoms with Gasteiger partial charge in [0.1, 0.15) is 18.0 Å². The molecule has 0 radical (unpaired) electrons. The second-order valence-corrected chi connectivity index (χ2v) is 11.6. The second-order valence-electron chi connectivity index (χ2n) is 11.2. The van der Waals surface area contributed by atoms with E-state index in [1.807, 2.05) is 61.5 Å². The Balaban J connectivity index is 1.42. The quantitative estimate of drug-likeness (QED) is 0.181. The summed E-state index contributed by atoms with van der Waals surface area (Å²) >= 11 is 6.72. The van der Waals surface area contributed by atoms with Crippen LogP contribution < -0.4 is 4.74 Å². The van der Waals surface area contributed by atoms with Crippen LogP contribution in [0.15, 0.2) is 103 Å². The summed E-state index contributed by atoms with van der Waals surface area (Å²) in [5.74, 6) is 0.869. The summed E-state index contributed by atoms with van der Waals surface area (Å²) in [5.41, 5.74) is 5.11. The van der Waals surface area contributed by atoms with Gasteiger partial charge < -0.3 is 18.9 Å². The zero-order chi connectivity index (χ0) is 28.7. The number of benzene rings is 4. The van der Waals surface area contributed by atoms with Crippen LogP contribution in [0.4, 0.5) is 0 Å². The van der Waals surface area contributed by atoms with Gasteiger partial charge >= 0.3 is 0 Å². The first-order valence-corrected chi connectivity index (χ1v) is 14.8. The average molecular weight is 571 g/mol. The van der Waals surface area contributed by atoms with Gasteiger partial charge in [-0.2, -0.15) is 0 Å². The first kappa shape index (κ1) is 29.3. The first-order chi connectivity index (χ1) is 19.9. The normalized spacial score (nSPS) is 20.0. The van der Waals surface area contributed by atoms with E-state index < -0.39 is 5.60 Å². The van der Waals surface area contributed by atoms with Crippen molar-refractivity contribution in [3.05, 3.63) is 136 Å². The van der Waals surface area contributed by atoms with Crippen molar-refractivity contribution >= 4 is 11.6 Å². The Hall–Kier alpha value is -3.15. The Kier molecular flexibility index (Phi) is 9.79. The van der Waals surface area contributed by atoms with E-state index in [4.69, 9.17) is 30.5 Å². The molecule has 4 aromatic carbocycles. The lowest BCUT2D eigenvalue weighted by atomic mass is 9.86. The maximum absolute atomic E-state index is 6.77. The van der Waals surface area contributed by atoms with E-state index >= 15 is 0 Å². The summed E-state index contributed by atoms with van der Waals surface area (Å²) < 4.78 is 25.6. The highest BCUT2D eigenvalue weighted by molar-refractivity contribution is 6.31. The van der Waals surface area contributed by atoms with E-state index in [9.17, 15) is 0 Å². The molecule has 5 rings (SSSR count). The number of hydrogen-bond acceptors (Lipinski definition) is 4. The average Bonchev–Trinajstić information content (AvgIpc) is 2.98. The highest BCUT2D eigenvalue weighted by Gasteiger charge is 2.44. The molecule has 0 saturated carbocycles. The first-order valence-electron chi connectivity index (χ1n) is 14.4. The van der Waals surface area contributed by atoms with Crippen LogP contribution in [-0.4, -0.2) is 24.4 Å². The zero-order valence-corrected chi connectivity index (χ0v) is 24.8. The number of rotatable bonds is 11. The lowest BCUT2D eigenvalue weighted by Crippen LogP contribution is -2.50.